The van der Waals surface area contributed by atoms with Gasteiger partial charge < -0.3 is 5.73 Å². The van der Waals surface area contributed by atoms with Crippen LogP contribution in [0.25, 0.3) is 0 Å². The molecule has 1 heteroatoms. The van der Waals surface area contributed by atoms with Crippen molar-refractivity contribution in [3.63, 3.8) is 0 Å². The van der Waals surface area contributed by atoms with E-state index in [4.69, 9.17) is 5.73 Å². The number of hydrogen-bond acceptors (Lipinski definition) is 1. The molecule has 13 heavy (non-hydrogen) atoms. The van der Waals surface area contributed by atoms with Crippen molar-refractivity contribution < 1.29 is 0 Å². The second-order valence-corrected chi connectivity index (χ2v) is 4.23. The molecule has 0 bridgehead atoms. The first kappa shape index (κ1) is 10.5. The van der Waals surface area contributed by atoms with E-state index in [1.807, 2.05) is 6.08 Å². The first-order chi connectivity index (χ1) is 6.22. The van der Waals surface area contributed by atoms with E-state index in [0.29, 0.717) is 6.04 Å². The Hall–Kier alpha value is -0.560. The fourth-order valence-electron chi connectivity index (χ4n) is 2.12. The average Bonchev–Trinajstić information content (AvgIpc) is 2.09. The van der Waals surface area contributed by atoms with Crippen LogP contribution in [0.15, 0.2) is 24.3 Å². The third-order valence-corrected chi connectivity index (χ3v) is 2.90. The molecule has 74 valence electrons. The number of allylic oxidation sites excluding steroid dienone is 3. The standard InChI is InChI=1S/C12H21N/c1-3-4-10(2)9-11-5-7-12(13)8-6-11/h3-4,11-12H,1,5-9,13H2,2H3/b10-4+. The third kappa shape index (κ3) is 3.77. The molecule has 0 aromatic heterocycles. The van der Waals surface area contributed by atoms with Gasteiger partial charge in [-0.25, -0.2) is 0 Å². The van der Waals surface area contributed by atoms with E-state index in [2.05, 4.69) is 19.6 Å². The summed E-state index contributed by atoms with van der Waals surface area (Å²) in [5.41, 5.74) is 7.31. The molecule has 1 fully saturated rings. The summed E-state index contributed by atoms with van der Waals surface area (Å²) in [5, 5.41) is 0. The van der Waals surface area contributed by atoms with Crippen molar-refractivity contribution in [3.8, 4) is 0 Å². The molecule has 0 unspecified atom stereocenters. The van der Waals surface area contributed by atoms with Crippen LogP contribution in [-0.2, 0) is 0 Å². The summed E-state index contributed by atoms with van der Waals surface area (Å²) in [6.07, 6.45) is 10.3. The normalized spacial score (nSPS) is 30.2. The van der Waals surface area contributed by atoms with Crippen LogP contribution < -0.4 is 5.73 Å². The van der Waals surface area contributed by atoms with Gasteiger partial charge in [-0.15, -0.1) is 0 Å². The zero-order valence-corrected chi connectivity index (χ0v) is 8.63. The predicted octanol–water partition coefficient (Wildman–Crippen LogP) is 3.03. The van der Waals surface area contributed by atoms with Crippen LogP contribution >= 0.6 is 0 Å². The fraction of sp³-hybridized carbons (Fsp3) is 0.667. The largest absolute Gasteiger partial charge is 0.328 e. The summed E-state index contributed by atoms with van der Waals surface area (Å²) in [7, 11) is 0. The highest BCUT2D eigenvalue weighted by Gasteiger charge is 2.18. The monoisotopic (exact) mass is 179 g/mol. The van der Waals surface area contributed by atoms with Crippen molar-refractivity contribution in [1.82, 2.24) is 0 Å². The van der Waals surface area contributed by atoms with E-state index in [0.717, 1.165) is 5.92 Å². The molecule has 0 radical (unpaired) electrons. The quantitative estimate of drug-likeness (QED) is 0.662. The zero-order valence-electron chi connectivity index (χ0n) is 8.63. The molecule has 1 aliphatic rings. The van der Waals surface area contributed by atoms with Crippen LogP contribution in [0.4, 0.5) is 0 Å². The molecule has 0 aromatic carbocycles. The van der Waals surface area contributed by atoms with Crippen molar-refractivity contribution in [2.24, 2.45) is 11.7 Å². The van der Waals surface area contributed by atoms with Gasteiger partial charge in [0.1, 0.15) is 0 Å². The first-order valence-corrected chi connectivity index (χ1v) is 5.26. The molecule has 0 amide bonds. The van der Waals surface area contributed by atoms with Crippen molar-refractivity contribution in [3.05, 3.63) is 24.3 Å². The summed E-state index contributed by atoms with van der Waals surface area (Å²) in [6, 6.07) is 0.472. The van der Waals surface area contributed by atoms with Crippen molar-refractivity contribution in [2.45, 2.75) is 45.1 Å². The molecule has 1 aliphatic carbocycles. The summed E-state index contributed by atoms with van der Waals surface area (Å²) >= 11 is 0. The van der Waals surface area contributed by atoms with Gasteiger partial charge in [-0.3, -0.25) is 0 Å². The minimum absolute atomic E-state index is 0.472. The summed E-state index contributed by atoms with van der Waals surface area (Å²) in [6.45, 7) is 5.90. The SMILES string of the molecule is C=C/C=C(\C)CC1CCC(N)CC1. The molecule has 0 atom stereocenters. The smallest absolute Gasteiger partial charge is 0.00390 e. The summed E-state index contributed by atoms with van der Waals surface area (Å²) < 4.78 is 0. The van der Waals surface area contributed by atoms with E-state index in [9.17, 15) is 0 Å². The van der Waals surface area contributed by atoms with Gasteiger partial charge in [-0.2, -0.15) is 0 Å². The van der Waals surface area contributed by atoms with Crippen LogP contribution in [0, 0.1) is 5.92 Å². The fourth-order valence-corrected chi connectivity index (χ4v) is 2.12. The Bertz CT molecular complexity index is 185. The van der Waals surface area contributed by atoms with Crippen LogP contribution in [0.1, 0.15) is 39.0 Å². The Kier molecular flexibility index (Phi) is 4.23. The Morgan fingerprint density at radius 2 is 2.00 bits per heavy atom. The van der Waals surface area contributed by atoms with Gasteiger partial charge in [0.25, 0.3) is 0 Å². The third-order valence-electron chi connectivity index (χ3n) is 2.90. The van der Waals surface area contributed by atoms with Crippen LogP contribution in [-0.4, -0.2) is 6.04 Å². The van der Waals surface area contributed by atoms with Crippen molar-refractivity contribution >= 4 is 0 Å². The maximum absolute atomic E-state index is 5.86. The minimum Gasteiger partial charge on any atom is -0.328 e. The highest BCUT2D eigenvalue weighted by molar-refractivity contribution is 5.08. The number of nitrogens with two attached hydrogens (primary N) is 1. The lowest BCUT2D eigenvalue weighted by Crippen LogP contribution is -2.26. The minimum atomic E-state index is 0.472. The van der Waals surface area contributed by atoms with E-state index < -0.39 is 0 Å². The lowest BCUT2D eigenvalue weighted by Gasteiger charge is -2.26. The molecule has 0 aliphatic heterocycles. The van der Waals surface area contributed by atoms with Gasteiger partial charge in [0.15, 0.2) is 0 Å². The molecule has 1 saturated carbocycles. The highest BCUT2D eigenvalue weighted by Crippen LogP contribution is 2.28. The Labute approximate surface area is 81.7 Å². The van der Waals surface area contributed by atoms with Gasteiger partial charge >= 0.3 is 0 Å². The molecule has 2 N–H and O–H groups in total. The molecule has 0 saturated heterocycles. The van der Waals surface area contributed by atoms with Gasteiger partial charge in [0, 0.05) is 6.04 Å². The lowest BCUT2D eigenvalue weighted by molar-refractivity contribution is 0.324. The molecule has 0 heterocycles. The van der Waals surface area contributed by atoms with E-state index in [1.54, 1.807) is 0 Å². The van der Waals surface area contributed by atoms with Gasteiger partial charge in [-0.05, 0) is 44.9 Å². The molecular formula is C12H21N. The van der Waals surface area contributed by atoms with Crippen LogP contribution in [0.3, 0.4) is 0 Å². The molecule has 0 aromatic rings. The average molecular weight is 179 g/mol. The van der Waals surface area contributed by atoms with Crippen molar-refractivity contribution in [1.29, 1.82) is 0 Å². The van der Waals surface area contributed by atoms with Crippen LogP contribution in [0.5, 0.6) is 0 Å². The summed E-state index contributed by atoms with van der Waals surface area (Å²) in [5.74, 6) is 0.871. The van der Waals surface area contributed by atoms with E-state index in [-0.39, 0.29) is 0 Å². The molecule has 0 spiro atoms. The molecular weight excluding hydrogens is 158 g/mol. The van der Waals surface area contributed by atoms with Gasteiger partial charge in [0.2, 0.25) is 0 Å². The Balaban J connectivity index is 2.30. The van der Waals surface area contributed by atoms with Crippen molar-refractivity contribution in [2.75, 3.05) is 0 Å². The number of rotatable bonds is 3. The maximum atomic E-state index is 5.86. The predicted molar refractivity (Wildman–Crippen MR) is 58.5 cm³/mol. The van der Waals surface area contributed by atoms with E-state index >= 15 is 0 Å². The second kappa shape index (κ2) is 5.23. The maximum Gasteiger partial charge on any atom is 0.00390 e. The topological polar surface area (TPSA) is 26.0 Å². The Morgan fingerprint density at radius 3 is 2.54 bits per heavy atom. The van der Waals surface area contributed by atoms with E-state index in [1.165, 1.54) is 37.7 Å². The Morgan fingerprint density at radius 1 is 1.38 bits per heavy atom. The molecule has 1 nitrogen and oxygen atoms in total. The first-order valence-electron chi connectivity index (χ1n) is 5.26. The van der Waals surface area contributed by atoms with Gasteiger partial charge in [-0.1, -0.05) is 24.3 Å². The number of hydrogen-bond donors (Lipinski definition) is 1. The van der Waals surface area contributed by atoms with Crippen LogP contribution in [0.2, 0.25) is 0 Å². The molecule has 1 rings (SSSR count). The highest BCUT2D eigenvalue weighted by atomic mass is 14.6. The summed E-state index contributed by atoms with van der Waals surface area (Å²) in [4.78, 5) is 0. The van der Waals surface area contributed by atoms with Gasteiger partial charge in [0.05, 0.1) is 0 Å². The lowest BCUT2D eigenvalue weighted by atomic mass is 9.83. The zero-order chi connectivity index (χ0) is 9.68. The second-order valence-electron chi connectivity index (χ2n) is 4.23.